The SMILES string of the molecule is Cc1ccc2c(c1)CCCN2C(=O)c1sc(C)nc1C. The normalized spacial score (nSPS) is 14.2. The first-order chi connectivity index (χ1) is 9.56. The summed E-state index contributed by atoms with van der Waals surface area (Å²) in [5.74, 6) is 0.0953. The van der Waals surface area contributed by atoms with E-state index in [0.717, 1.165) is 40.7 Å². The fourth-order valence-electron chi connectivity index (χ4n) is 2.79. The van der Waals surface area contributed by atoms with Gasteiger partial charge in [-0.2, -0.15) is 0 Å². The number of benzene rings is 1. The predicted octanol–water partition coefficient (Wildman–Crippen LogP) is 3.66. The van der Waals surface area contributed by atoms with Gasteiger partial charge in [-0.05, 0) is 45.2 Å². The lowest BCUT2D eigenvalue weighted by molar-refractivity contribution is 0.0988. The summed E-state index contributed by atoms with van der Waals surface area (Å²) < 4.78 is 0. The van der Waals surface area contributed by atoms with Gasteiger partial charge >= 0.3 is 0 Å². The van der Waals surface area contributed by atoms with Crippen molar-refractivity contribution in [1.29, 1.82) is 0 Å². The highest BCUT2D eigenvalue weighted by molar-refractivity contribution is 7.13. The van der Waals surface area contributed by atoms with Crippen molar-refractivity contribution in [1.82, 2.24) is 4.98 Å². The van der Waals surface area contributed by atoms with Crippen LogP contribution in [0.3, 0.4) is 0 Å². The molecule has 0 saturated heterocycles. The molecule has 1 aliphatic rings. The average Bonchev–Trinajstić information content (AvgIpc) is 2.76. The molecule has 1 amide bonds. The van der Waals surface area contributed by atoms with E-state index in [1.54, 1.807) is 0 Å². The predicted molar refractivity (Wildman–Crippen MR) is 82.8 cm³/mol. The number of nitrogens with zero attached hydrogens (tertiary/aromatic N) is 2. The Morgan fingerprint density at radius 2 is 2.10 bits per heavy atom. The average molecular weight is 286 g/mol. The number of hydrogen-bond donors (Lipinski definition) is 0. The van der Waals surface area contributed by atoms with Crippen LogP contribution in [0, 0.1) is 20.8 Å². The zero-order chi connectivity index (χ0) is 14.3. The van der Waals surface area contributed by atoms with Gasteiger partial charge in [0.2, 0.25) is 0 Å². The Morgan fingerprint density at radius 1 is 1.30 bits per heavy atom. The largest absolute Gasteiger partial charge is 0.307 e. The molecule has 20 heavy (non-hydrogen) atoms. The summed E-state index contributed by atoms with van der Waals surface area (Å²) in [6.07, 6.45) is 2.08. The van der Waals surface area contributed by atoms with Crippen LogP contribution < -0.4 is 4.90 Å². The number of amides is 1. The van der Waals surface area contributed by atoms with E-state index in [0.29, 0.717) is 0 Å². The van der Waals surface area contributed by atoms with Crippen LogP contribution in [0.15, 0.2) is 18.2 Å². The molecule has 3 nitrogen and oxygen atoms in total. The third-order valence-electron chi connectivity index (χ3n) is 3.70. The molecule has 0 spiro atoms. The van der Waals surface area contributed by atoms with Gasteiger partial charge in [0.15, 0.2) is 0 Å². The molecule has 3 rings (SSSR count). The standard InChI is InChI=1S/C16H18N2OS/c1-10-6-7-14-13(9-10)5-4-8-18(14)16(19)15-11(2)17-12(3)20-15/h6-7,9H,4-5,8H2,1-3H3. The minimum Gasteiger partial charge on any atom is -0.307 e. The van der Waals surface area contributed by atoms with Crippen LogP contribution in [0.2, 0.25) is 0 Å². The Balaban J connectivity index is 2.00. The van der Waals surface area contributed by atoms with Gasteiger partial charge in [-0.25, -0.2) is 4.98 Å². The first-order valence-electron chi connectivity index (χ1n) is 6.91. The zero-order valence-electron chi connectivity index (χ0n) is 12.1. The van der Waals surface area contributed by atoms with Crippen LogP contribution in [0.4, 0.5) is 5.69 Å². The van der Waals surface area contributed by atoms with E-state index in [1.807, 2.05) is 18.7 Å². The smallest absolute Gasteiger partial charge is 0.270 e. The fraction of sp³-hybridized carbons (Fsp3) is 0.375. The lowest BCUT2D eigenvalue weighted by Crippen LogP contribution is -2.35. The van der Waals surface area contributed by atoms with Gasteiger partial charge in [-0.15, -0.1) is 11.3 Å². The molecule has 1 aromatic carbocycles. The lowest BCUT2D eigenvalue weighted by atomic mass is 9.99. The van der Waals surface area contributed by atoms with Crippen molar-refractivity contribution in [2.45, 2.75) is 33.6 Å². The maximum absolute atomic E-state index is 12.8. The number of hydrogen-bond acceptors (Lipinski definition) is 3. The second-order valence-corrected chi connectivity index (χ2v) is 6.54. The van der Waals surface area contributed by atoms with Gasteiger partial charge in [0.1, 0.15) is 4.88 Å². The summed E-state index contributed by atoms with van der Waals surface area (Å²) in [4.78, 5) is 19.8. The molecule has 0 unspecified atom stereocenters. The van der Waals surface area contributed by atoms with Crippen molar-refractivity contribution in [3.63, 3.8) is 0 Å². The summed E-state index contributed by atoms with van der Waals surface area (Å²) in [5.41, 5.74) is 4.44. The van der Waals surface area contributed by atoms with Gasteiger partial charge in [-0.3, -0.25) is 4.79 Å². The highest BCUT2D eigenvalue weighted by atomic mass is 32.1. The van der Waals surface area contributed by atoms with Crippen molar-refractivity contribution in [2.24, 2.45) is 0 Å². The van der Waals surface area contributed by atoms with Crippen molar-refractivity contribution >= 4 is 22.9 Å². The van der Waals surface area contributed by atoms with Crippen LogP contribution in [0.25, 0.3) is 0 Å². The Kier molecular flexibility index (Phi) is 3.34. The van der Waals surface area contributed by atoms with Crippen LogP contribution in [-0.2, 0) is 6.42 Å². The van der Waals surface area contributed by atoms with Gasteiger partial charge in [0.05, 0.1) is 10.7 Å². The number of carbonyl (C=O) groups excluding carboxylic acids is 1. The van der Waals surface area contributed by atoms with E-state index in [-0.39, 0.29) is 5.91 Å². The number of carbonyl (C=O) groups is 1. The van der Waals surface area contributed by atoms with E-state index in [1.165, 1.54) is 22.5 Å². The number of fused-ring (bicyclic) bond motifs is 1. The third kappa shape index (κ3) is 2.24. The molecule has 1 aromatic heterocycles. The molecule has 1 aliphatic heterocycles. The van der Waals surface area contributed by atoms with Gasteiger partial charge in [-0.1, -0.05) is 17.7 Å². The topological polar surface area (TPSA) is 33.2 Å². The highest BCUT2D eigenvalue weighted by Crippen LogP contribution is 2.30. The molecular formula is C16H18N2OS. The van der Waals surface area contributed by atoms with E-state index >= 15 is 0 Å². The molecule has 0 radical (unpaired) electrons. The van der Waals surface area contributed by atoms with Crippen molar-refractivity contribution in [3.8, 4) is 0 Å². The summed E-state index contributed by atoms with van der Waals surface area (Å²) in [6.45, 7) is 6.75. The Hall–Kier alpha value is -1.68. The third-order valence-corrected chi connectivity index (χ3v) is 4.76. The Bertz CT molecular complexity index is 675. The summed E-state index contributed by atoms with van der Waals surface area (Å²) in [5, 5.41) is 0.951. The summed E-state index contributed by atoms with van der Waals surface area (Å²) >= 11 is 1.49. The van der Waals surface area contributed by atoms with Crippen molar-refractivity contribution < 1.29 is 4.79 Å². The summed E-state index contributed by atoms with van der Waals surface area (Å²) in [7, 11) is 0. The zero-order valence-corrected chi connectivity index (χ0v) is 12.9. The van der Waals surface area contributed by atoms with E-state index in [9.17, 15) is 4.79 Å². The molecule has 0 atom stereocenters. The van der Waals surface area contributed by atoms with E-state index in [4.69, 9.17) is 0 Å². The molecule has 0 saturated carbocycles. The fourth-order valence-corrected chi connectivity index (χ4v) is 3.66. The van der Waals surface area contributed by atoms with Crippen molar-refractivity contribution in [3.05, 3.63) is 44.9 Å². The highest BCUT2D eigenvalue weighted by Gasteiger charge is 2.26. The molecule has 0 aliphatic carbocycles. The first kappa shape index (κ1) is 13.3. The first-order valence-corrected chi connectivity index (χ1v) is 7.73. The van der Waals surface area contributed by atoms with E-state index in [2.05, 4.69) is 30.1 Å². The maximum Gasteiger partial charge on any atom is 0.270 e. The molecular weight excluding hydrogens is 268 g/mol. The molecule has 0 bridgehead atoms. The van der Waals surface area contributed by atoms with E-state index < -0.39 is 0 Å². The Labute approximate surface area is 123 Å². The van der Waals surface area contributed by atoms with Gasteiger partial charge in [0, 0.05) is 12.2 Å². The van der Waals surface area contributed by atoms with Crippen LogP contribution in [0.1, 0.15) is 37.9 Å². The quantitative estimate of drug-likeness (QED) is 0.801. The van der Waals surface area contributed by atoms with Crippen LogP contribution >= 0.6 is 11.3 Å². The summed E-state index contributed by atoms with van der Waals surface area (Å²) in [6, 6.07) is 6.35. The lowest BCUT2D eigenvalue weighted by Gasteiger charge is -2.29. The molecule has 2 aromatic rings. The van der Waals surface area contributed by atoms with Crippen LogP contribution in [0.5, 0.6) is 0 Å². The molecule has 2 heterocycles. The minimum atomic E-state index is 0.0953. The second kappa shape index (κ2) is 5.02. The van der Waals surface area contributed by atoms with Gasteiger partial charge in [0.25, 0.3) is 5.91 Å². The molecule has 4 heteroatoms. The van der Waals surface area contributed by atoms with Crippen LogP contribution in [-0.4, -0.2) is 17.4 Å². The second-order valence-electron chi connectivity index (χ2n) is 5.34. The minimum absolute atomic E-state index is 0.0953. The molecule has 0 N–H and O–H groups in total. The number of rotatable bonds is 1. The van der Waals surface area contributed by atoms with Crippen molar-refractivity contribution in [2.75, 3.05) is 11.4 Å². The number of aromatic nitrogens is 1. The monoisotopic (exact) mass is 286 g/mol. The maximum atomic E-state index is 12.8. The number of thiazole rings is 1. The number of aryl methyl sites for hydroxylation is 4. The van der Waals surface area contributed by atoms with Gasteiger partial charge < -0.3 is 4.90 Å². The Morgan fingerprint density at radius 3 is 2.80 bits per heavy atom. The molecule has 104 valence electrons. The number of anilines is 1. The molecule has 0 fully saturated rings.